The van der Waals surface area contributed by atoms with Crippen LogP contribution in [0.1, 0.15) is 32.3 Å². The van der Waals surface area contributed by atoms with Gasteiger partial charge in [0, 0.05) is 19.0 Å². The van der Waals surface area contributed by atoms with Crippen molar-refractivity contribution < 1.29 is 14.3 Å². The van der Waals surface area contributed by atoms with Crippen LogP contribution < -0.4 is 10.1 Å². The number of hydrogen-bond donors (Lipinski definition) is 1. The minimum absolute atomic E-state index is 0.0981. The molecule has 1 saturated heterocycles. The van der Waals surface area contributed by atoms with E-state index in [0.717, 1.165) is 17.9 Å². The molecule has 2 atom stereocenters. The number of carbonyl (C=O) groups is 1. The highest BCUT2D eigenvalue weighted by Gasteiger charge is 2.37. The number of rotatable bonds is 3. The summed E-state index contributed by atoms with van der Waals surface area (Å²) in [5.41, 5.74) is 0.612. The lowest BCUT2D eigenvalue weighted by Crippen LogP contribution is -2.31. The van der Waals surface area contributed by atoms with Crippen LogP contribution in [0.25, 0.3) is 0 Å². The number of methoxy groups -OCH3 is 1. The molecule has 1 aromatic rings. The van der Waals surface area contributed by atoms with Crippen LogP contribution in [0, 0.1) is 5.92 Å². The number of carbonyl (C=O) groups excluding carboxylic acids is 1. The Labute approximate surface area is 120 Å². The topological polar surface area (TPSA) is 47.6 Å². The Balaban J connectivity index is 2.21. The molecule has 20 heavy (non-hydrogen) atoms. The van der Waals surface area contributed by atoms with E-state index in [-0.39, 0.29) is 17.8 Å². The van der Waals surface area contributed by atoms with E-state index < -0.39 is 5.60 Å². The lowest BCUT2D eigenvalue weighted by molar-refractivity contribution is -0.159. The van der Waals surface area contributed by atoms with Gasteiger partial charge in [-0.1, -0.05) is 18.2 Å². The lowest BCUT2D eigenvalue weighted by atomic mass is 9.88. The molecule has 1 aliphatic heterocycles. The van der Waals surface area contributed by atoms with Gasteiger partial charge >= 0.3 is 5.97 Å². The Morgan fingerprint density at radius 3 is 2.60 bits per heavy atom. The maximum absolute atomic E-state index is 12.3. The molecular formula is C16H23NO3. The minimum atomic E-state index is -0.453. The van der Waals surface area contributed by atoms with Gasteiger partial charge in [-0.2, -0.15) is 0 Å². The van der Waals surface area contributed by atoms with E-state index in [9.17, 15) is 4.79 Å². The first-order valence-corrected chi connectivity index (χ1v) is 6.99. The summed E-state index contributed by atoms with van der Waals surface area (Å²) in [5.74, 6) is 0.625. The van der Waals surface area contributed by atoms with Crippen molar-refractivity contribution in [3.05, 3.63) is 29.8 Å². The van der Waals surface area contributed by atoms with Crippen molar-refractivity contribution >= 4 is 5.97 Å². The third-order valence-corrected chi connectivity index (χ3v) is 3.46. The van der Waals surface area contributed by atoms with Crippen molar-refractivity contribution in [2.24, 2.45) is 5.92 Å². The summed E-state index contributed by atoms with van der Waals surface area (Å²) in [6.07, 6.45) is 0. The van der Waals surface area contributed by atoms with Crippen LogP contribution in [-0.2, 0) is 9.53 Å². The third-order valence-electron chi connectivity index (χ3n) is 3.46. The summed E-state index contributed by atoms with van der Waals surface area (Å²) in [6, 6.07) is 7.86. The molecule has 0 aliphatic carbocycles. The van der Waals surface area contributed by atoms with Crippen molar-refractivity contribution in [2.45, 2.75) is 32.3 Å². The summed E-state index contributed by atoms with van der Waals surface area (Å²) >= 11 is 0. The maximum Gasteiger partial charge on any atom is 0.311 e. The molecule has 110 valence electrons. The zero-order chi connectivity index (χ0) is 14.8. The highest BCUT2D eigenvalue weighted by atomic mass is 16.6. The van der Waals surface area contributed by atoms with Crippen LogP contribution in [0.2, 0.25) is 0 Å². The molecule has 1 aromatic carbocycles. The molecule has 1 heterocycles. The van der Waals surface area contributed by atoms with Gasteiger partial charge in [0.15, 0.2) is 0 Å². The molecule has 0 amide bonds. The van der Waals surface area contributed by atoms with Gasteiger partial charge in [0.05, 0.1) is 13.0 Å². The van der Waals surface area contributed by atoms with E-state index in [2.05, 4.69) is 5.32 Å². The number of nitrogens with one attached hydrogen (secondary N) is 1. The second-order valence-electron chi connectivity index (χ2n) is 6.15. The van der Waals surface area contributed by atoms with Crippen LogP contribution in [0.5, 0.6) is 5.75 Å². The minimum Gasteiger partial charge on any atom is -0.496 e. The normalized spacial score (nSPS) is 22.6. The maximum atomic E-state index is 12.3. The van der Waals surface area contributed by atoms with E-state index in [4.69, 9.17) is 9.47 Å². The second kappa shape index (κ2) is 5.83. The summed E-state index contributed by atoms with van der Waals surface area (Å²) in [6.45, 7) is 7.10. The van der Waals surface area contributed by atoms with E-state index in [1.165, 1.54) is 0 Å². The Bertz CT molecular complexity index is 479. The summed E-state index contributed by atoms with van der Waals surface area (Å²) in [5, 5.41) is 3.28. The standard InChI is InChI=1S/C16H23NO3/c1-16(2,3)20-15(18)13-10-17-9-12(13)11-7-5-6-8-14(11)19-4/h5-8,12-13,17H,9-10H2,1-4H3/t12-,13+/m0/s1. The summed E-state index contributed by atoms with van der Waals surface area (Å²) in [4.78, 5) is 12.3. The van der Waals surface area contributed by atoms with Crippen molar-refractivity contribution in [3.63, 3.8) is 0 Å². The van der Waals surface area contributed by atoms with Crippen molar-refractivity contribution in [1.29, 1.82) is 0 Å². The van der Waals surface area contributed by atoms with Crippen LogP contribution in [0.15, 0.2) is 24.3 Å². The Hall–Kier alpha value is -1.55. The number of benzene rings is 1. The molecule has 0 bridgehead atoms. The van der Waals surface area contributed by atoms with Gasteiger partial charge < -0.3 is 14.8 Å². The van der Waals surface area contributed by atoms with E-state index in [1.54, 1.807) is 7.11 Å². The molecule has 0 radical (unpaired) electrons. The van der Waals surface area contributed by atoms with Gasteiger partial charge in [0.1, 0.15) is 11.4 Å². The molecule has 1 N–H and O–H groups in total. The average molecular weight is 277 g/mol. The third kappa shape index (κ3) is 3.31. The highest BCUT2D eigenvalue weighted by Crippen LogP contribution is 2.35. The van der Waals surface area contributed by atoms with Gasteiger partial charge in [-0.3, -0.25) is 4.79 Å². The first-order valence-electron chi connectivity index (χ1n) is 6.99. The molecule has 1 aliphatic rings. The molecule has 0 spiro atoms. The molecule has 0 aromatic heterocycles. The van der Waals surface area contributed by atoms with Gasteiger partial charge in [0.25, 0.3) is 0 Å². The fourth-order valence-electron chi connectivity index (χ4n) is 2.60. The van der Waals surface area contributed by atoms with Gasteiger partial charge in [-0.25, -0.2) is 0 Å². The first kappa shape index (κ1) is 14.9. The zero-order valence-corrected chi connectivity index (χ0v) is 12.6. The molecule has 4 heteroatoms. The van der Waals surface area contributed by atoms with Crippen LogP contribution >= 0.6 is 0 Å². The predicted octanol–water partition coefficient (Wildman–Crippen LogP) is 2.34. The second-order valence-corrected chi connectivity index (χ2v) is 6.15. The van der Waals surface area contributed by atoms with Gasteiger partial charge in [-0.05, 0) is 32.4 Å². The largest absolute Gasteiger partial charge is 0.496 e. The number of hydrogen-bond acceptors (Lipinski definition) is 4. The number of esters is 1. The van der Waals surface area contributed by atoms with Crippen LogP contribution in [-0.4, -0.2) is 31.8 Å². The quantitative estimate of drug-likeness (QED) is 0.862. The molecular weight excluding hydrogens is 254 g/mol. The number of ether oxygens (including phenoxy) is 2. The Morgan fingerprint density at radius 1 is 1.25 bits per heavy atom. The lowest BCUT2D eigenvalue weighted by Gasteiger charge is -2.25. The smallest absolute Gasteiger partial charge is 0.311 e. The SMILES string of the molecule is COc1ccccc1[C@@H]1CNC[C@H]1C(=O)OC(C)(C)C. The van der Waals surface area contributed by atoms with E-state index >= 15 is 0 Å². The Morgan fingerprint density at radius 2 is 1.95 bits per heavy atom. The zero-order valence-electron chi connectivity index (χ0n) is 12.6. The van der Waals surface area contributed by atoms with Gasteiger partial charge in [-0.15, -0.1) is 0 Å². The van der Waals surface area contributed by atoms with Crippen molar-refractivity contribution in [3.8, 4) is 5.75 Å². The summed E-state index contributed by atoms with van der Waals surface area (Å²) in [7, 11) is 1.66. The van der Waals surface area contributed by atoms with Crippen molar-refractivity contribution in [2.75, 3.05) is 20.2 Å². The highest BCUT2D eigenvalue weighted by molar-refractivity contribution is 5.75. The van der Waals surface area contributed by atoms with E-state index in [0.29, 0.717) is 6.54 Å². The monoisotopic (exact) mass is 277 g/mol. The first-order chi connectivity index (χ1) is 9.42. The number of para-hydroxylation sites is 1. The summed E-state index contributed by atoms with van der Waals surface area (Å²) < 4.78 is 10.9. The molecule has 0 unspecified atom stereocenters. The van der Waals surface area contributed by atoms with Crippen LogP contribution in [0.3, 0.4) is 0 Å². The van der Waals surface area contributed by atoms with Crippen LogP contribution in [0.4, 0.5) is 0 Å². The van der Waals surface area contributed by atoms with E-state index in [1.807, 2.05) is 45.0 Å². The fourth-order valence-corrected chi connectivity index (χ4v) is 2.60. The molecule has 0 saturated carbocycles. The fraction of sp³-hybridized carbons (Fsp3) is 0.562. The van der Waals surface area contributed by atoms with Gasteiger partial charge in [0.2, 0.25) is 0 Å². The Kier molecular flexibility index (Phi) is 4.33. The molecule has 1 fully saturated rings. The molecule has 2 rings (SSSR count). The van der Waals surface area contributed by atoms with Crippen molar-refractivity contribution in [1.82, 2.24) is 5.32 Å². The predicted molar refractivity (Wildman–Crippen MR) is 77.9 cm³/mol. The average Bonchev–Trinajstić information content (AvgIpc) is 2.85. The molecule has 4 nitrogen and oxygen atoms in total.